The molecule has 8 nitrogen and oxygen atoms in total. The smallest absolute Gasteiger partial charge is 0.175 e. The molecule has 0 atom stereocenters. The average molecular weight is 564 g/mol. The highest BCUT2D eigenvalue weighted by Crippen LogP contribution is 2.31. The quantitative estimate of drug-likeness (QED) is 0.291. The number of aldehydes is 1. The third-order valence-corrected chi connectivity index (χ3v) is 7.40. The summed E-state index contributed by atoms with van der Waals surface area (Å²) < 4.78 is 15.0. The molecule has 0 radical (unpaired) electrons. The summed E-state index contributed by atoms with van der Waals surface area (Å²) in [5.74, 6) is 0.256. The van der Waals surface area contributed by atoms with Crippen molar-refractivity contribution in [3.05, 3.63) is 83.4 Å². The molecule has 0 bridgehead atoms. The van der Waals surface area contributed by atoms with E-state index in [-0.39, 0.29) is 16.0 Å². The predicted molar refractivity (Wildman–Crippen MR) is 157 cm³/mol. The number of likely N-dealkylation sites (N-methyl/N-ethyl adjacent to an activating group) is 1. The molecule has 0 N–H and O–H groups in total. The second kappa shape index (κ2) is 11.4. The number of aromatic nitrogens is 5. The van der Waals surface area contributed by atoms with Crippen molar-refractivity contribution in [3.63, 3.8) is 0 Å². The Hall–Kier alpha value is -3.69. The first-order valence-corrected chi connectivity index (χ1v) is 13.4. The highest BCUT2D eigenvalue weighted by atomic mass is 35.5. The van der Waals surface area contributed by atoms with Crippen LogP contribution in [-0.2, 0) is 5.41 Å². The Bertz CT molecular complexity index is 1530. The molecule has 40 heavy (non-hydrogen) atoms. The first-order valence-electron chi connectivity index (χ1n) is 13.0. The van der Waals surface area contributed by atoms with Gasteiger partial charge in [-0.15, -0.1) is 0 Å². The number of hydrogen-bond donors (Lipinski definition) is 0. The van der Waals surface area contributed by atoms with E-state index in [1.165, 1.54) is 12.1 Å². The summed E-state index contributed by atoms with van der Waals surface area (Å²) in [6.07, 6.45) is 5.78. The summed E-state index contributed by atoms with van der Waals surface area (Å²) >= 11 is 5.87. The fourth-order valence-corrected chi connectivity index (χ4v) is 4.64. The van der Waals surface area contributed by atoms with Crippen LogP contribution < -0.4 is 0 Å². The van der Waals surface area contributed by atoms with E-state index in [1.54, 1.807) is 29.2 Å². The lowest BCUT2D eigenvalue weighted by Gasteiger charge is -2.46. The van der Waals surface area contributed by atoms with Crippen LogP contribution in [-0.4, -0.2) is 72.9 Å². The van der Waals surface area contributed by atoms with Gasteiger partial charge in [-0.3, -0.25) is 9.69 Å². The number of carbonyl (C=O) groups is 1. The fraction of sp³-hybridized carbons (Fsp3) is 0.367. The van der Waals surface area contributed by atoms with E-state index >= 15 is 0 Å². The minimum atomic E-state index is -0.474. The maximum atomic E-state index is 13.4. The van der Waals surface area contributed by atoms with Gasteiger partial charge < -0.3 is 4.90 Å². The van der Waals surface area contributed by atoms with E-state index in [4.69, 9.17) is 11.6 Å². The summed E-state index contributed by atoms with van der Waals surface area (Å²) in [5.41, 5.74) is 4.12. The molecule has 1 aromatic carbocycles. The molecule has 1 aliphatic rings. The van der Waals surface area contributed by atoms with Gasteiger partial charge in [0.25, 0.3) is 0 Å². The first kappa shape index (κ1) is 29.3. The Kier molecular flexibility index (Phi) is 8.37. The van der Waals surface area contributed by atoms with Gasteiger partial charge in [0.1, 0.15) is 11.5 Å². The van der Waals surface area contributed by atoms with E-state index in [0.29, 0.717) is 28.9 Å². The third-order valence-electron chi connectivity index (χ3n) is 7.11. The standard InChI is InChI=1S/C17H15ClFN3O.C13H20N4/c1-17(2,3)12-7-15(10-4-5-14(19)13(18)6-10)21-22-8-11(9-23)20-16(12)22;1-11(12-14-6-5-7-15-12)17-9-8-16(4)13(2,3)10-17/h4-9H,1-3H3;5-7H,1,8-10H2,2-4H3. The van der Waals surface area contributed by atoms with Gasteiger partial charge in [0.2, 0.25) is 0 Å². The molecule has 0 aliphatic carbocycles. The Morgan fingerprint density at radius 2 is 1.85 bits per heavy atom. The monoisotopic (exact) mass is 563 g/mol. The van der Waals surface area contributed by atoms with Crippen LogP contribution in [0.4, 0.5) is 4.39 Å². The van der Waals surface area contributed by atoms with Crippen molar-refractivity contribution < 1.29 is 9.18 Å². The lowest BCUT2D eigenvalue weighted by molar-refractivity contribution is 0.0695. The lowest BCUT2D eigenvalue weighted by Crippen LogP contribution is -2.56. The number of imidazole rings is 1. The van der Waals surface area contributed by atoms with Crippen molar-refractivity contribution in [3.8, 4) is 11.3 Å². The molecule has 3 aromatic heterocycles. The molecule has 1 saturated heterocycles. The number of benzene rings is 1. The minimum Gasteiger partial charge on any atom is -0.366 e. The summed E-state index contributed by atoms with van der Waals surface area (Å²) in [6, 6.07) is 8.20. The Morgan fingerprint density at radius 1 is 1.15 bits per heavy atom. The van der Waals surface area contributed by atoms with E-state index in [0.717, 1.165) is 36.7 Å². The molecule has 10 heteroatoms. The summed E-state index contributed by atoms with van der Waals surface area (Å²) in [4.78, 5) is 28.5. The second-order valence-corrected chi connectivity index (χ2v) is 12.0. The Balaban J connectivity index is 0.000000194. The van der Waals surface area contributed by atoms with Crippen LogP contribution in [0.2, 0.25) is 5.02 Å². The van der Waals surface area contributed by atoms with Crippen molar-refractivity contribution in [2.75, 3.05) is 26.7 Å². The van der Waals surface area contributed by atoms with Crippen LogP contribution in [0.5, 0.6) is 0 Å². The van der Waals surface area contributed by atoms with Gasteiger partial charge in [-0.2, -0.15) is 5.10 Å². The van der Waals surface area contributed by atoms with Gasteiger partial charge >= 0.3 is 0 Å². The van der Waals surface area contributed by atoms with Gasteiger partial charge in [-0.1, -0.05) is 39.0 Å². The molecule has 1 fully saturated rings. The normalized spacial score (nSPS) is 15.4. The van der Waals surface area contributed by atoms with E-state index < -0.39 is 5.82 Å². The van der Waals surface area contributed by atoms with Crippen molar-refractivity contribution >= 4 is 29.2 Å². The number of piperazine rings is 1. The maximum Gasteiger partial charge on any atom is 0.175 e. The van der Waals surface area contributed by atoms with Gasteiger partial charge in [0, 0.05) is 48.7 Å². The van der Waals surface area contributed by atoms with Gasteiger partial charge in [0.05, 0.1) is 22.6 Å². The number of hydrogen-bond acceptors (Lipinski definition) is 7. The largest absolute Gasteiger partial charge is 0.366 e. The number of halogens is 2. The molecule has 5 rings (SSSR count). The minimum absolute atomic E-state index is 0.0425. The SMILES string of the molecule is C=C(c1ncccn1)N1CCN(C)C(C)(C)C1.CC(C)(C)c1cc(-c2ccc(F)c(Cl)c2)nn2cc(C=O)nc12. The zero-order valence-corrected chi connectivity index (χ0v) is 24.6. The molecule has 210 valence electrons. The first-order chi connectivity index (χ1) is 18.8. The fourth-order valence-electron chi connectivity index (χ4n) is 4.46. The maximum absolute atomic E-state index is 13.4. The van der Waals surface area contributed by atoms with Crippen LogP contribution >= 0.6 is 11.6 Å². The van der Waals surface area contributed by atoms with Gasteiger partial charge in [0.15, 0.2) is 17.8 Å². The number of carbonyl (C=O) groups excluding carboxylic acids is 1. The van der Waals surface area contributed by atoms with Crippen molar-refractivity contribution in [2.45, 2.75) is 45.6 Å². The van der Waals surface area contributed by atoms with Crippen LogP contribution in [0, 0.1) is 5.82 Å². The number of nitrogens with zero attached hydrogens (tertiary/aromatic N) is 7. The van der Waals surface area contributed by atoms with Crippen molar-refractivity contribution in [1.29, 1.82) is 0 Å². The van der Waals surface area contributed by atoms with Crippen LogP contribution in [0.1, 0.15) is 56.5 Å². The third kappa shape index (κ3) is 6.37. The van der Waals surface area contributed by atoms with E-state index in [9.17, 15) is 9.18 Å². The van der Waals surface area contributed by atoms with Gasteiger partial charge in [-0.05, 0) is 56.6 Å². The Labute approximate surface area is 239 Å². The molecule has 0 amide bonds. The highest BCUT2D eigenvalue weighted by Gasteiger charge is 2.32. The highest BCUT2D eigenvalue weighted by molar-refractivity contribution is 6.31. The zero-order chi connectivity index (χ0) is 29.2. The summed E-state index contributed by atoms with van der Waals surface area (Å²) in [7, 11) is 2.17. The summed E-state index contributed by atoms with van der Waals surface area (Å²) in [6.45, 7) is 17.8. The predicted octanol–water partition coefficient (Wildman–Crippen LogP) is 5.77. The molecule has 0 saturated carbocycles. The lowest BCUT2D eigenvalue weighted by atomic mass is 9.87. The molecule has 0 unspecified atom stereocenters. The van der Waals surface area contributed by atoms with Crippen LogP contribution in [0.25, 0.3) is 22.6 Å². The number of rotatable bonds is 4. The van der Waals surface area contributed by atoms with Crippen molar-refractivity contribution in [1.82, 2.24) is 34.4 Å². The molecule has 4 aromatic rings. The second-order valence-electron chi connectivity index (χ2n) is 11.5. The average Bonchev–Trinajstić information content (AvgIpc) is 3.34. The zero-order valence-electron chi connectivity index (χ0n) is 23.8. The number of fused-ring (bicyclic) bond motifs is 1. The topological polar surface area (TPSA) is 79.5 Å². The van der Waals surface area contributed by atoms with Gasteiger partial charge in [-0.25, -0.2) is 23.9 Å². The summed E-state index contributed by atoms with van der Waals surface area (Å²) in [5, 5.41) is 4.52. The van der Waals surface area contributed by atoms with Crippen LogP contribution in [0.15, 0.2) is 55.5 Å². The molecular weight excluding hydrogens is 529 g/mol. The molecular formula is C30H35ClFN7O. The van der Waals surface area contributed by atoms with Crippen molar-refractivity contribution in [2.24, 2.45) is 0 Å². The molecule has 1 aliphatic heterocycles. The van der Waals surface area contributed by atoms with E-state index in [2.05, 4.69) is 78.1 Å². The molecule has 4 heterocycles. The Morgan fingerprint density at radius 3 is 2.45 bits per heavy atom. The molecule has 0 spiro atoms. The van der Waals surface area contributed by atoms with E-state index in [1.807, 2.05) is 12.1 Å². The van der Waals surface area contributed by atoms with Crippen LogP contribution in [0.3, 0.4) is 0 Å².